The van der Waals surface area contributed by atoms with Crippen LogP contribution >= 0.6 is 11.6 Å². The van der Waals surface area contributed by atoms with Gasteiger partial charge in [-0.1, -0.05) is 16.6 Å². The number of hydrogen-bond acceptors (Lipinski definition) is 4. The molecular weight excluding hydrogens is 220 g/mol. The van der Waals surface area contributed by atoms with Gasteiger partial charge < -0.3 is 0 Å². The lowest BCUT2D eigenvalue weighted by molar-refractivity contribution is -0.499. The summed E-state index contributed by atoms with van der Waals surface area (Å²) in [6, 6.07) is -0.316. The summed E-state index contributed by atoms with van der Waals surface area (Å²) in [4.78, 5) is 18.5. The van der Waals surface area contributed by atoms with E-state index in [0.29, 0.717) is 5.82 Å². The molecule has 0 aliphatic carbocycles. The van der Waals surface area contributed by atoms with Crippen molar-refractivity contribution in [3.05, 3.63) is 27.3 Å². The number of halogens is 1. The monoisotopic (exact) mass is 230 g/mol. The highest BCUT2D eigenvalue weighted by molar-refractivity contribution is 6.31. The molecule has 0 aliphatic rings. The Hall–Kier alpha value is -1.43. The van der Waals surface area contributed by atoms with Gasteiger partial charge in [0.05, 0.1) is 12.2 Å². The van der Waals surface area contributed by atoms with Crippen molar-refractivity contribution in [2.24, 2.45) is 0 Å². The minimum atomic E-state index is -0.523. The number of anilines is 1. The highest BCUT2D eigenvalue weighted by atomic mass is 35.5. The first kappa shape index (κ1) is 11.6. The van der Waals surface area contributed by atoms with Crippen molar-refractivity contribution in [1.82, 2.24) is 9.97 Å². The van der Waals surface area contributed by atoms with Gasteiger partial charge in [0.1, 0.15) is 5.82 Å². The van der Waals surface area contributed by atoms with Crippen LogP contribution in [0.3, 0.4) is 0 Å². The lowest BCUT2D eigenvalue weighted by atomic mass is 10.3. The van der Waals surface area contributed by atoms with Gasteiger partial charge in [0.15, 0.2) is 15.9 Å². The van der Waals surface area contributed by atoms with Crippen LogP contribution in [0.5, 0.6) is 0 Å². The Kier molecular flexibility index (Phi) is 3.41. The fourth-order valence-corrected chi connectivity index (χ4v) is 1.40. The van der Waals surface area contributed by atoms with Crippen molar-refractivity contribution in [2.75, 3.05) is 5.01 Å². The van der Waals surface area contributed by atoms with Gasteiger partial charge >= 0.3 is 0 Å². The quantitative estimate of drug-likeness (QED) is 0.450. The Bertz CT molecular complexity index is 383. The predicted molar refractivity (Wildman–Crippen MR) is 56.4 cm³/mol. The zero-order valence-corrected chi connectivity index (χ0v) is 9.39. The van der Waals surface area contributed by atoms with Crippen molar-refractivity contribution in [3.63, 3.8) is 0 Å². The largest absolute Gasteiger partial charge is 0.239 e. The van der Waals surface area contributed by atoms with Crippen LogP contribution in [-0.2, 0) is 0 Å². The number of hydrazine groups is 1. The summed E-state index contributed by atoms with van der Waals surface area (Å²) in [5.74, 6) is 0.482. The van der Waals surface area contributed by atoms with E-state index >= 15 is 0 Å². The van der Waals surface area contributed by atoms with Gasteiger partial charge in [-0.3, -0.25) is 0 Å². The molecule has 0 aromatic carbocycles. The fraction of sp³-hybridized carbons (Fsp3) is 0.500. The average molecular weight is 231 g/mol. The topological polar surface area (TPSA) is 72.2 Å². The van der Waals surface area contributed by atoms with Crippen LogP contribution in [0, 0.1) is 17.0 Å². The Morgan fingerprint density at radius 1 is 1.60 bits per heavy atom. The molecule has 0 radical (unpaired) electrons. The maximum Gasteiger partial charge on any atom is 0.165 e. The first-order valence-corrected chi connectivity index (χ1v) is 4.74. The molecule has 1 aromatic heterocycles. The molecule has 0 N–H and O–H groups in total. The molecule has 6 nitrogen and oxygen atoms in total. The minimum Gasteiger partial charge on any atom is -0.239 e. The molecule has 0 aliphatic heterocycles. The number of nitro groups is 1. The number of aryl methyl sites for hydroxylation is 1. The van der Waals surface area contributed by atoms with Crippen LogP contribution < -0.4 is 5.01 Å². The zero-order valence-electron chi connectivity index (χ0n) is 8.64. The van der Waals surface area contributed by atoms with Gasteiger partial charge in [0.2, 0.25) is 0 Å². The molecule has 0 atom stereocenters. The summed E-state index contributed by atoms with van der Waals surface area (Å²) in [6.07, 6.45) is 1.35. The summed E-state index contributed by atoms with van der Waals surface area (Å²) in [5.41, 5.74) is 0.210. The maximum absolute atomic E-state index is 10.8. The van der Waals surface area contributed by atoms with E-state index in [1.807, 2.05) is 0 Å². The molecule has 0 amide bonds. The number of rotatable bonds is 3. The summed E-state index contributed by atoms with van der Waals surface area (Å²) in [5, 5.41) is 11.3. The summed E-state index contributed by atoms with van der Waals surface area (Å²) >= 11 is 5.82. The number of hydrogen-bond donors (Lipinski definition) is 0. The predicted octanol–water partition coefficient (Wildman–Crippen LogP) is 1.84. The molecule has 82 valence electrons. The normalized spacial score (nSPS) is 10.5. The first-order chi connectivity index (χ1) is 6.93. The minimum absolute atomic E-state index is 0.0906. The van der Waals surface area contributed by atoms with Crippen molar-refractivity contribution < 1.29 is 5.03 Å². The molecule has 0 spiro atoms. The lowest BCUT2D eigenvalue weighted by Gasteiger charge is -2.17. The van der Waals surface area contributed by atoms with Crippen LogP contribution in [0.1, 0.15) is 19.7 Å². The number of nitrogens with zero attached hydrogens (tertiary/aromatic N) is 4. The van der Waals surface area contributed by atoms with Gasteiger partial charge in [-0.15, -0.1) is 0 Å². The van der Waals surface area contributed by atoms with Crippen molar-refractivity contribution in [2.45, 2.75) is 26.8 Å². The van der Waals surface area contributed by atoms with E-state index in [9.17, 15) is 10.1 Å². The summed E-state index contributed by atoms with van der Waals surface area (Å²) in [6.45, 7) is 5.06. The van der Waals surface area contributed by atoms with Crippen LogP contribution in [-0.4, -0.2) is 21.0 Å². The Labute approximate surface area is 92.0 Å². The van der Waals surface area contributed by atoms with Gasteiger partial charge in [-0.25, -0.2) is 20.1 Å². The van der Waals surface area contributed by atoms with Crippen LogP contribution in [0.25, 0.3) is 0 Å². The Morgan fingerprint density at radius 2 is 2.20 bits per heavy atom. The SMILES string of the molecule is Cc1ncc(N(C(C)C)[N+](=O)[O-])c(Cl)n1. The summed E-state index contributed by atoms with van der Waals surface area (Å²) < 4.78 is 0. The second-order valence-corrected chi connectivity index (χ2v) is 3.63. The highest BCUT2D eigenvalue weighted by Gasteiger charge is 2.25. The first-order valence-electron chi connectivity index (χ1n) is 4.36. The van der Waals surface area contributed by atoms with Crippen molar-refractivity contribution >= 4 is 17.3 Å². The highest BCUT2D eigenvalue weighted by Crippen LogP contribution is 2.24. The average Bonchev–Trinajstić information content (AvgIpc) is 2.08. The van der Waals surface area contributed by atoms with E-state index in [-0.39, 0.29) is 16.9 Å². The third kappa shape index (κ3) is 2.53. The van der Waals surface area contributed by atoms with E-state index in [2.05, 4.69) is 9.97 Å². The van der Waals surface area contributed by atoms with Gasteiger partial charge in [0.25, 0.3) is 0 Å². The third-order valence-corrected chi connectivity index (χ3v) is 2.04. The van der Waals surface area contributed by atoms with E-state index in [1.165, 1.54) is 6.20 Å². The molecule has 1 aromatic rings. The van der Waals surface area contributed by atoms with E-state index in [1.54, 1.807) is 20.8 Å². The van der Waals surface area contributed by atoms with Gasteiger partial charge in [-0.05, 0) is 20.8 Å². The fourth-order valence-electron chi connectivity index (χ4n) is 1.14. The second-order valence-electron chi connectivity index (χ2n) is 3.27. The molecule has 0 bridgehead atoms. The maximum atomic E-state index is 10.8. The van der Waals surface area contributed by atoms with E-state index in [4.69, 9.17) is 11.6 Å². The molecule has 15 heavy (non-hydrogen) atoms. The van der Waals surface area contributed by atoms with Crippen LogP contribution in [0.4, 0.5) is 5.69 Å². The van der Waals surface area contributed by atoms with Crippen LogP contribution in [0.2, 0.25) is 5.15 Å². The molecule has 1 heterocycles. The Morgan fingerprint density at radius 3 is 2.60 bits per heavy atom. The molecule has 0 unspecified atom stereocenters. The lowest BCUT2D eigenvalue weighted by Crippen LogP contribution is -2.36. The zero-order chi connectivity index (χ0) is 11.6. The molecule has 0 saturated carbocycles. The van der Waals surface area contributed by atoms with E-state index < -0.39 is 5.03 Å². The molecule has 0 saturated heterocycles. The smallest absolute Gasteiger partial charge is 0.165 e. The van der Waals surface area contributed by atoms with Gasteiger partial charge in [0, 0.05) is 0 Å². The summed E-state index contributed by atoms with van der Waals surface area (Å²) in [7, 11) is 0. The molecular formula is C8H11ClN4O2. The van der Waals surface area contributed by atoms with E-state index in [0.717, 1.165) is 5.01 Å². The molecule has 0 fully saturated rings. The second kappa shape index (κ2) is 4.39. The van der Waals surface area contributed by atoms with Gasteiger partial charge in [-0.2, -0.15) is 0 Å². The molecule has 1 rings (SSSR count). The molecule has 7 heteroatoms. The Balaban J connectivity index is 3.17. The van der Waals surface area contributed by atoms with Crippen LogP contribution in [0.15, 0.2) is 6.20 Å². The third-order valence-electron chi connectivity index (χ3n) is 1.76. The van der Waals surface area contributed by atoms with Crippen molar-refractivity contribution in [3.8, 4) is 0 Å². The van der Waals surface area contributed by atoms with Crippen molar-refractivity contribution in [1.29, 1.82) is 0 Å². The standard InChI is InChI=1S/C8H11ClN4O2/c1-5(2)12(13(14)15)7-4-10-6(3)11-8(7)9/h4-5H,1-3H3. The number of aromatic nitrogens is 2.